The van der Waals surface area contributed by atoms with Gasteiger partial charge in [0.25, 0.3) is 0 Å². The van der Waals surface area contributed by atoms with Crippen molar-refractivity contribution in [2.24, 2.45) is 4.99 Å². The quantitative estimate of drug-likeness (QED) is 0.569. The van der Waals surface area contributed by atoms with Crippen LogP contribution in [0.15, 0.2) is 47.6 Å². The van der Waals surface area contributed by atoms with Crippen molar-refractivity contribution in [3.63, 3.8) is 0 Å². The van der Waals surface area contributed by atoms with E-state index in [2.05, 4.69) is 27.5 Å². The summed E-state index contributed by atoms with van der Waals surface area (Å²) in [5.41, 5.74) is 1.05. The van der Waals surface area contributed by atoms with E-state index >= 15 is 0 Å². The van der Waals surface area contributed by atoms with Gasteiger partial charge in [-0.2, -0.15) is 0 Å². The Hall–Kier alpha value is -2.76. The van der Waals surface area contributed by atoms with E-state index in [0.717, 1.165) is 24.5 Å². The average molecular weight is 342 g/mol. The van der Waals surface area contributed by atoms with Gasteiger partial charge in [-0.25, -0.2) is 4.98 Å². The number of ether oxygens (including phenoxy) is 2. The van der Waals surface area contributed by atoms with Crippen LogP contribution in [0.2, 0.25) is 0 Å². The van der Waals surface area contributed by atoms with Gasteiger partial charge < -0.3 is 20.1 Å². The highest BCUT2D eigenvalue weighted by molar-refractivity contribution is 5.79. The fourth-order valence-electron chi connectivity index (χ4n) is 2.15. The number of nitrogens with zero attached hydrogens (tertiary/aromatic N) is 2. The molecule has 2 rings (SSSR count). The number of guanidine groups is 1. The molecule has 1 aromatic carbocycles. The molecule has 1 heterocycles. The minimum Gasteiger partial charge on any atom is -0.490 e. The second-order valence-corrected chi connectivity index (χ2v) is 5.34. The molecule has 2 aromatic rings. The maximum absolute atomic E-state index is 5.82. The zero-order valence-corrected chi connectivity index (χ0v) is 15.1. The van der Waals surface area contributed by atoms with Gasteiger partial charge in [-0.1, -0.05) is 25.1 Å². The van der Waals surface area contributed by atoms with Crippen LogP contribution < -0.4 is 20.1 Å². The Morgan fingerprint density at radius 1 is 1.08 bits per heavy atom. The molecule has 0 radical (unpaired) electrons. The minimum absolute atomic E-state index is 0.532. The predicted octanol–water partition coefficient (Wildman–Crippen LogP) is 3.35. The molecule has 0 aliphatic carbocycles. The van der Waals surface area contributed by atoms with E-state index in [1.807, 2.05) is 43.3 Å². The molecule has 0 bridgehead atoms. The number of para-hydroxylation sites is 2. The molecule has 6 nitrogen and oxygen atoms in total. The molecule has 0 spiro atoms. The van der Waals surface area contributed by atoms with E-state index < -0.39 is 0 Å². The molecular weight excluding hydrogens is 316 g/mol. The summed E-state index contributed by atoms with van der Waals surface area (Å²) in [6.07, 6.45) is 2.84. The van der Waals surface area contributed by atoms with E-state index in [1.165, 1.54) is 0 Å². The first-order chi connectivity index (χ1) is 12.3. The van der Waals surface area contributed by atoms with Crippen LogP contribution >= 0.6 is 0 Å². The van der Waals surface area contributed by atoms with Crippen LogP contribution in [-0.2, 0) is 6.54 Å². The molecule has 0 saturated heterocycles. The second-order valence-electron chi connectivity index (χ2n) is 5.34. The topological polar surface area (TPSA) is 67.8 Å². The third-order valence-corrected chi connectivity index (χ3v) is 3.39. The third kappa shape index (κ3) is 5.99. The standard InChI is InChI=1S/C19H26N4O2/c1-4-12-21-19(20-3)23-14-15-10-11-18(22-13-15)25-17-9-7-6-8-16(17)24-5-2/h6-11,13H,4-5,12,14H2,1-3H3,(H2,20,21,23). The fourth-order valence-corrected chi connectivity index (χ4v) is 2.15. The number of benzene rings is 1. The smallest absolute Gasteiger partial charge is 0.219 e. The van der Waals surface area contributed by atoms with Crippen molar-refractivity contribution < 1.29 is 9.47 Å². The fraction of sp³-hybridized carbons (Fsp3) is 0.368. The van der Waals surface area contributed by atoms with Crippen LogP contribution in [0.4, 0.5) is 0 Å². The van der Waals surface area contributed by atoms with Gasteiger partial charge in [0.15, 0.2) is 17.5 Å². The molecule has 6 heteroatoms. The van der Waals surface area contributed by atoms with Crippen molar-refractivity contribution in [1.29, 1.82) is 0 Å². The molecule has 0 unspecified atom stereocenters. The zero-order valence-electron chi connectivity index (χ0n) is 15.1. The Bertz CT molecular complexity index is 671. The lowest BCUT2D eigenvalue weighted by Gasteiger charge is -2.12. The molecule has 1 aromatic heterocycles. The van der Waals surface area contributed by atoms with E-state index in [-0.39, 0.29) is 0 Å². The summed E-state index contributed by atoms with van der Waals surface area (Å²) in [6.45, 7) is 6.19. The lowest BCUT2D eigenvalue weighted by atomic mass is 10.3. The van der Waals surface area contributed by atoms with Gasteiger partial charge in [-0.3, -0.25) is 4.99 Å². The summed E-state index contributed by atoms with van der Waals surface area (Å²) < 4.78 is 11.4. The Kier molecular flexibility index (Phi) is 7.56. The molecular formula is C19H26N4O2. The largest absolute Gasteiger partial charge is 0.490 e. The monoisotopic (exact) mass is 342 g/mol. The van der Waals surface area contributed by atoms with E-state index in [4.69, 9.17) is 9.47 Å². The number of rotatable bonds is 8. The van der Waals surface area contributed by atoms with Crippen molar-refractivity contribution >= 4 is 5.96 Å². The van der Waals surface area contributed by atoms with E-state index in [9.17, 15) is 0 Å². The Morgan fingerprint density at radius 3 is 2.52 bits per heavy atom. The first-order valence-corrected chi connectivity index (χ1v) is 8.56. The Morgan fingerprint density at radius 2 is 1.88 bits per heavy atom. The molecule has 0 aliphatic heterocycles. The van der Waals surface area contributed by atoms with Gasteiger partial charge in [0.1, 0.15) is 0 Å². The normalized spacial score (nSPS) is 11.1. The summed E-state index contributed by atoms with van der Waals surface area (Å²) in [5.74, 6) is 2.69. The van der Waals surface area contributed by atoms with E-state index in [1.54, 1.807) is 13.2 Å². The summed E-state index contributed by atoms with van der Waals surface area (Å²) in [6, 6.07) is 11.4. The van der Waals surface area contributed by atoms with Crippen LogP contribution in [-0.4, -0.2) is 31.1 Å². The van der Waals surface area contributed by atoms with Crippen molar-refractivity contribution in [1.82, 2.24) is 15.6 Å². The third-order valence-electron chi connectivity index (χ3n) is 3.39. The number of hydrogen-bond acceptors (Lipinski definition) is 4. The maximum atomic E-state index is 5.82. The van der Waals surface area contributed by atoms with Gasteiger partial charge in [0, 0.05) is 32.4 Å². The highest BCUT2D eigenvalue weighted by Crippen LogP contribution is 2.30. The molecule has 0 aliphatic rings. The molecule has 0 saturated carbocycles. The number of nitrogens with one attached hydrogen (secondary N) is 2. The van der Waals surface area contributed by atoms with E-state index in [0.29, 0.717) is 30.5 Å². The summed E-state index contributed by atoms with van der Waals surface area (Å²) in [4.78, 5) is 8.54. The molecule has 134 valence electrons. The first kappa shape index (κ1) is 18.6. The predicted molar refractivity (Wildman–Crippen MR) is 100 cm³/mol. The highest BCUT2D eigenvalue weighted by Gasteiger charge is 2.06. The minimum atomic E-state index is 0.532. The van der Waals surface area contributed by atoms with Crippen molar-refractivity contribution in [3.8, 4) is 17.4 Å². The van der Waals surface area contributed by atoms with Gasteiger partial charge in [-0.05, 0) is 31.0 Å². The first-order valence-electron chi connectivity index (χ1n) is 8.56. The number of aromatic nitrogens is 1. The highest BCUT2D eigenvalue weighted by atomic mass is 16.5. The van der Waals surface area contributed by atoms with Crippen LogP contribution in [0, 0.1) is 0 Å². The van der Waals surface area contributed by atoms with Crippen molar-refractivity contribution in [3.05, 3.63) is 48.2 Å². The van der Waals surface area contributed by atoms with Crippen molar-refractivity contribution in [2.45, 2.75) is 26.8 Å². The summed E-state index contributed by atoms with van der Waals surface area (Å²) in [5, 5.41) is 6.49. The number of aliphatic imine (C=N–C) groups is 1. The lowest BCUT2D eigenvalue weighted by Crippen LogP contribution is -2.37. The lowest BCUT2D eigenvalue weighted by molar-refractivity contribution is 0.319. The zero-order chi connectivity index (χ0) is 17.9. The molecule has 0 fully saturated rings. The SMILES string of the molecule is CCCNC(=NC)NCc1ccc(Oc2ccccc2OCC)nc1. The van der Waals surface area contributed by atoms with Crippen molar-refractivity contribution in [2.75, 3.05) is 20.2 Å². The molecule has 25 heavy (non-hydrogen) atoms. The van der Waals surface area contributed by atoms with Crippen LogP contribution in [0.1, 0.15) is 25.8 Å². The van der Waals surface area contributed by atoms with Crippen LogP contribution in [0.25, 0.3) is 0 Å². The Labute approximate surface area is 149 Å². The molecule has 2 N–H and O–H groups in total. The molecule has 0 amide bonds. The van der Waals surface area contributed by atoms with Gasteiger partial charge >= 0.3 is 0 Å². The number of hydrogen-bond donors (Lipinski definition) is 2. The Balaban J connectivity index is 1.94. The summed E-state index contributed by atoms with van der Waals surface area (Å²) in [7, 11) is 1.76. The number of pyridine rings is 1. The van der Waals surface area contributed by atoms with Crippen LogP contribution in [0.5, 0.6) is 17.4 Å². The molecule has 0 atom stereocenters. The van der Waals surface area contributed by atoms with Gasteiger partial charge in [0.05, 0.1) is 6.61 Å². The average Bonchev–Trinajstić information content (AvgIpc) is 2.65. The summed E-state index contributed by atoms with van der Waals surface area (Å²) >= 11 is 0. The maximum Gasteiger partial charge on any atom is 0.219 e. The van der Waals surface area contributed by atoms with Crippen LogP contribution in [0.3, 0.4) is 0 Å². The van der Waals surface area contributed by atoms with Gasteiger partial charge in [0.2, 0.25) is 5.88 Å². The second kappa shape index (κ2) is 10.2. The van der Waals surface area contributed by atoms with Gasteiger partial charge in [-0.15, -0.1) is 0 Å².